The summed E-state index contributed by atoms with van der Waals surface area (Å²) in [5.41, 5.74) is 3.60. The van der Waals surface area contributed by atoms with Crippen molar-refractivity contribution in [3.05, 3.63) is 47.0 Å². The van der Waals surface area contributed by atoms with E-state index in [-0.39, 0.29) is 11.9 Å². The van der Waals surface area contributed by atoms with Crippen LogP contribution in [0.5, 0.6) is 0 Å². The Morgan fingerprint density at radius 2 is 1.90 bits per heavy atom. The van der Waals surface area contributed by atoms with Crippen LogP contribution in [0.4, 0.5) is 0 Å². The van der Waals surface area contributed by atoms with E-state index in [1.54, 1.807) is 0 Å². The summed E-state index contributed by atoms with van der Waals surface area (Å²) in [5, 5.41) is 12.9. The van der Waals surface area contributed by atoms with Crippen molar-refractivity contribution in [2.45, 2.75) is 58.3 Å². The Morgan fingerprint density at radius 1 is 1.17 bits per heavy atom. The van der Waals surface area contributed by atoms with Gasteiger partial charge in [-0.3, -0.25) is 9.69 Å². The number of fused-ring (bicyclic) bond motifs is 3. The fourth-order valence-corrected chi connectivity index (χ4v) is 5.30. The second kappa shape index (κ2) is 7.63. The molecule has 0 saturated carbocycles. The number of piperidine rings is 1. The van der Waals surface area contributed by atoms with Crippen LogP contribution in [0, 0.1) is 5.41 Å². The van der Waals surface area contributed by atoms with Crippen molar-refractivity contribution in [2.75, 3.05) is 26.3 Å². The van der Waals surface area contributed by atoms with Gasteiger partial charge in [0, 0.05) is 25.3 Å². The summed E-state index contributed by atoms with van der Waals surface area (Å²) < 4.78 is 5.38. The SMILES string of the molecule is CC1(C)CCN(Cc2cc3c(c4ccccc24)CN(C2CCOC[C@@H]2O)C3=O)CC1. The van der Waals surface area contributed by atoms with Gasteiger partial charge in [-0.25, -0.2) is 0 Å². The molecule has 2 saturated heterocycles. The van der Waals surface area contributed by atoms with Gasteiger partial charge >= 0.3 is 0 Å². The topological polar surface area (TPSA) is 53.0 Å². The molecule has 0 bridgehead atoms. The number of aliphatic hydroxyl groups is 1. The van der Waals surface area contributed by atoms with Crippen LogP contribution in [0.2, 0.25) is 0 Å². The van der Waals surface area contributed by atoms with Crippen LogP contribution in [0.15, 0.2) is 30.3 Å². The maximum Gasteiger partial charge on any atom is 0.254 e. The third kappa shape index (κ3) is 3.53. The minimum absolute atomic E-state index is 0.0581. The molecule has 5 nitrogen and oxygen atoms in total. The summed E-state index contributed by atoms with van der Waals surface area (Å²) in [6.45, 7) is 9.28. The molecular formula is C25H32N2O3. The van der Waals surface area contributed by atoms with Gasteiger partial charge < -0.3 is 14.7 Å². The molecule has 0 aromatic heterocycles. The van der Waals surface area contributed by atoms with Crippen molar-refractivity contribution in [1.29, 1.82) is 0 Å². The summed E-state index contributed by atoms with van der Waals surface area (Å²) in [4.78, 5) is 17.8. The summed E-state index contributed by atoms with van der Waals surface area (Å²) in [6.07, 6.45) is 2.50. The highest BCUT2D eigenvalue weighted by atomic mass is 16.5. The Balaban J connectivity index is 1.47. The zero-order chi connectivity index (χ0) is 20.9. The van der Waals surface area contributed by atoms with Crippen LogP contribution in [0.3, 0.4) is 0 Å². The molecular weight excluding hydrogens is 376 g/mol. The van der Waals surface area contributed by atoms with Gasteiger partial charge in [0.25, 0.3) is 5.91 Å². The fraction of sp³-hybridized carbons (Fsp3) is 0.560. The molecule has 1 N–H and O–H groups in total. The molecule has 1 amide bonds. The van der Waals surface area contributed by atoms with E-state index in [2.05, 4.69) is 49.1 Å². The quantitative estimate of drug-likeness (QED) is 0.844. The van der Waals surface area contributed by atoms with Crippen LogP contribution >= 0.6 is 0 Å². The molecule has 3 aliphatic heterocycles. The van der Waals surface area contributed by atoms with E-state index in [9.17, 15) is 9.90 Å². The summed E-state index contributed by atoms with van der Waals surface area (Å²) in [5.74, 6) is 0.0581. The molecule has 3 heterocycles. The van der Waals surface area contributed by atoms with Gasteiger partial charge in [0.1, 0.15) is 0 Å². The summed E-state index contributed by atoms with van der Waals surface area (Å²) in [6, 6.07) is 10.5. The number of carbonyl (C=O) groups excluding carboxylic acids is 1. The Kier molecular flexibility index (Phi) is 5.08. The molecule has 160 valence electrons. The first-order chi connectivity index (χ1) is 14.4. The first-order valence-electron chi connectivity index (χ1n) is 11.3. The van der Waals surface area contributed by atoms with E-state index in [0.717, 1.165) is 30.8 Å². The number of amides is 1. The number of carbonyl (C=O) groups is 1. The third-order valence-corrected chi connectivity index (χ3v) is 7.36. The van der Waals surface area contributed by atoms with E-state index < -0.39 is 6.10 Å². The molecule has 1 unspecified atom stereocenters. The van der Waals surface area contributed by atoms with Gasteiger partial charge in [0.2, 0.25) is 0 Å². The minimum Gasteiger partial charge on any atom is -0.389 e. The largest absolute Gasteiger partial charge is 0.389 e. The molecule has 30 heavy (non-hydrogen) atoms. The number of likely N-dealkylation sites (tertiary alicyclic amines) is 1. The lowest BCUT2D eigenvalue weighted by atomic mass is 9.82. The Morgan fingerprint density at radius 3 is 2.63 bits per heavy atom. The molecule has 2 fully saturated rings. The molecule has 3 aliphatic rings. The zero-order valence-electron chi connectivity index (χ0n) is 18.1. The van der Waals surface area contributed by atoms with Crippen LogP contribution in [0.25, 0.3) is 10.8 Å². The highest BCUT2D eigenvalue weighted by molar-refractivity contribution is 6.05. The third-order valence-electron chi connectivity index (χ3n) is 7.36. The standard InChI is InChI=1S/C25H32N2O3/c1-25(2)8-10-26(11-9-25)14-17-13-20-21(19-6-4-3-5-18(17)19)15-27(24(20)29)22-7-12-30-16-23(22)28/h3-6,13,22-23,28H,7-12,14-16H2,1-2H3/t22?,23-/m0/s1. The lowest BCUT2D eigenvalue weighted by Gasteiger charge is -2.37. The van der Waals surface area contributed by atoms with E-state index in [4.69, 9.17) is 4.74 Å². The highest BCUT2D eigenvalue weighted by Gasteiger charge is 2.39. The van der Waals surface area contributed by atoms with Crippen LogP contribution in [-0.4, -0.2) is 59.3 Å². The second-order valence-electron chi connectivity index (χ2n) is 9.98. The van der Waals surface area contributed by atoms with Gasteiger partial charge in [0.05, 0.1) is 18.8 Å². The number of rotatable bonds is 3. The summed E-state index contributed by atoms with van der Waals surface area (Å²) >= 11 is 0. The van der Waals surface area contributed by atoms with Gasteiger partial charge in [-0.2, -0.15) is 0 Å². The maximum absolute atomic E-state index is 13.4. The van der Waals surface area contributed by atoms with Crippen molar-refractivity contribution in [3.8, 4) is 0 Å². The molecule has 2 aromatic rings. The minimum atomic E-state index is -0.612. The predicted octanol–water partition coefficient (Wildman–Crippen LogP) is 3.57. The molecule has 0 spiro atoms. The Bertz CT molecular complexity index is 960. The average Bonchev–Trinajstić information content (AvgIpc) is 3.07. The fourth-order valence-electron chi connectivity index (χ4n) is 5.30. The van der Waals surface area contributed by atoms with E-state index in [1.807, 2.05) is 4.90 Å². The normalized spacial score (nSPS) is 26.9. The number of nitrogens with zero attached hydrogens (tertiary/aromatic N) is 2. The maximum atomic E-state index is 13.4. The molecule has 5 heteroatoms. The van der Waals surface area contributed by atoms with E-state index in [1.165, 1.54) is 29.2 Å². The lowest BCUT2D eigenvalue weighted by molar-refractivity contribution is -0.0571. The van der Waals surface area contributed by atoms with Gasteiger partial charge in [-0.05, 0) is 65.7 Å². The zero-order valence-corrected chi connectivity index (χ0v) is 18.1. The highest BCUT2D eigenvalue weighted by Crippen LogP contribution is 2.37. The smallest absolute Gasteiger partial charge is 0.254 e. The van der Waals surface area contributed by atoms with Crippen molar-refractivity contribution < 1.29 is 14.6 Å². The van der Waals surface area contributed by atoms with Crippen LogP contribution < -0.4 is 0 Å². The summed E-state index contributed by atoms with van der Waals surface area (Å²) in [7, 11) is 0. The van der Waals surface area contributed by atoms with E-state index >= 15 is 0 Å². The number of aliphatic hydroxyl groups excluding tert-OH is 1. The van der Waals surface area contributed by atoms with Gasteiger partial charge in [-0.1, -0.05) is 38.1 Å². The van der Waals surface area contributed by atoms with Gasteiger partial charge in [0.15, 0.2) is 0 Å². The Labute approximate surface area is 178 Å². The van der Waals surface area contributed by atoms with Crippen molar-refractivity contribution in [1.82, 2.24) is 9.80 Å². The van der Waals surface area contributed by atoms with Crippen LogP contribution in [-0.2, 0) is 17.8 Å². The monoisotopic (exact) mass is 408 g/mol. The first-order valence-corrected chi connectivity index (χ1v) is 11.3. The first kappa shape index (κ1) is 20.0. The number of hydrogen-bond donors (Lipinski definition) is 1. The lowest BCUT2D eigenvalue weighted by Crippen LogP contribution is -2.49. The van der Waals surface area contributed by atoms with Crippen molar-refractivity contribution in [3.63, 3.8) is 0 Å². The number of benzene rings is 2. The number of hydrogen-bond acceptors (Lipinski definition) is 4. The van der Waals surface area contributed by atoms with Crippen molar-refractivity contribution in [2.24, 2.45) is 5.41 Å². The molecule has 2 atom stereocenters. The second-order valence-corrected chi connectivity index (χ2v) is 9.98. The predicted molar refractivity (Wildman–Crippen MR) is 117 cm³/mol. The van der Waals surface area contributed by atoms with Crippen LogP contribution in [0.1, 0.15) is 54.6 Å². The molecule has 2 aromatic carbocycles. The molecule has 0 radical (unpaired) electrons. The molecule has 0 aliphatic carbocycles. The average molecular weight is 409 g/mol. The molecule has 5 rings (SSSR count). The Hall–Kier alpha value is -1.95. The van der Waals surface area contributed by atoms with Crippen molar-refractivity contribution >= 4 is 16.7 Å². The van der Waals surface area contributed by atoms with Gasteiger partial charge in [-0.15, -0.1) is 0 Å². The van der Waals surface area contributed by atoms with E-state index in [0.29, 0.717) is 31.6 Å². The number of ether oxygens (including phenoxy) is 1.